The summed E-state index contributed by atoms with van der Waals surface area (Å²) in [5.41, 5.74) is -0.467. The molecule has 0 aromatic heterocycles. The number of nitrogens with zero attached hydrogens (tertiary/aromatic N) is 1. The van der Waals surface area contributed by atoms with Gasteiger partial charge in [-0.1, -0.05) is 15.9 Å². The van der Waals surface area contributed by atoms with Crippen LogP contribution in [0.3, 0.4) is 0 Å². The number of hydrogen-bond donors (Lipinski definition) is 0. The van der Waals surface area contributed by atoms with E-state index in [4.69, 9.17) is 14.2 Å². The third-order valence-corrected chi connectivity index (χ3v) is 3.23. The lowest BCUT2D eigenvalue weighted by Crippen LogP contribution is -2.27. The van der Waals surface area contributed by atoms with Crippen molar-refractivity contribution in [2.24, 2.45) is 0 Å². The molecule has 24 heavy (non-hydrogen) atoms. The van der Waals surface area contributed by atoms with E-state index in [1.807, 2.05) is 0 Å². The summed E-state index contributed by atoms with van der Waals surface area (Å²) in [6, 6.07) is 2.38. The second-order valence-electron chi connectivity index (χ2n) is 5.25. The van der Waals surface area contributed by atoms with Gasteiger partial charge in [-0.05, 0) is 13.8 Å². The minimum atomic E-state index is -0.762. The summed E-state index contributed by atoms with van der Waals surface area (Å²) in [4.78, 5) is 32.7. The standard InChI is InChI=1S/C15H18BrNO7/c1-15(2,16)14(19)24-6-4-5-23-13-8-11(17(20)21)10(9-18)7-12(13)22-3/h7-9H,4-6H2,1-3H3. The van der Waals surface area contributed by atoms with Gasteiger partial charge in [0.25, 0.3) is 5.69 Å². The summed E-state index contributed by atoms with van der Waals surface area (Å²) in [6.45, 7) is 3.64. The van der Waals surface area contributed by atoms with Crippen molar-refractivity contribution < 1.29 is 28.7 Å². The van der Waals surface area contributed by atoms with E-state index < -0.39 is 15.2 Å². The normalized spacial score (nSPS) is 10.8. The lowest BCUT2D eigenvalue weighted by Gasteiger charge is -2.15. The van der Waals surface area contributed by atoms with Crippen LogP contribution in [-0.2, 0) is 9.53 Å². The maximum atomic E-state index is 11.6. The third kappa shape index (κ3) is 5.48. The number of nitro groups is 1. The van der Waals surface area contributed by atoms with Crippen LogP contribution in [0.5, 0.6) is 11.5 Å². The molecule has 0 fully saturated rings. The van der Waals surface area contributed by atoms with Crippen LogP contribution in [0.2, 0.25) is 0 Å². The predicted molar refractivity (Wildman–Crippen MR) is 89.1 cm³/mol. The number of carbonyl (C=O) groups excluding carboxylic acids is 2. The molecule has 0 radical (unpaired) electrons. The molecule has 0 amide bonds. The van der Waals surface area contributed by atoms with Gasteiger partial charge < -0.3 is 14.2 Å². The van der Waals surface area contributed by atoms with Gasteiger partial charge in [0, 0.05) is 12.5 Å². The van der Waals surface area contributed by atoms with Gasteiger partial charge in [-0.25, -0.2) is 0 Å². The molecule has 0 aliphatic heterocycles. The zero-order valence-electron chi connectivity index (χ0n) is 13.5. The van der Waals surface area contributed by atoms with E-state index in [1.54, 1.807) is 13.8 Å². The zero-order valence-corrected chi connectivity index (χ0v) is 15.1. The van der Waals surface area contributed by atoms with Crippen molar-refractivity contribution in [3.8, 4) is 11.5 Å². The molecule has 0 spiro atoms. The first-order chi connectivity index (χ1) is 11.2. The van der Waals surface area contributed by atoms with Gasteiger partial charge in [-0.2, -0.15) is 0 Å². The molecular weight excluding hydrogens is 386 g/mol. The number of aldehydes is 1. The molecular formula is C15H18BrNO7. The maximum absolute atomic E-state index is 11.6. The Morgan fingerprint density at radius 3 is 2.50 bits per heavy atom. The Labute approximate surface area is 147 Å². The van der Waals surface area contributed by atoms with E-state index in [2.05, 4.69) is 15.9 Å². The number of esters is 1. The Kier molecular flexibility index (Phi) is 7.15. The van der Waals surface area contributed by atoms with Gasteiger partial charge in [0.1, 0.15) is 4.32 Å². The molecule has 9 heteroatoms. The Hall–Kier alpha value is -2.16. The van der Waals surface area contributed by atoms with Crippen molar-refractivity contribution in [2.75, 3.05) is 20.3 Å². The average molecular weight is 404 g/mol. The van der Waals surface area contributed by atoms with Gasteiger partial charge >= 0.3 is 5.97 Å². The van der Waals surface area contributed by atoms with Crippen molar-refractivity contribution in [1.82, 2.24) is 0 Å². The highest BCUT2D eigenvalue weighted by molar-refractivity contribution is 9.10. The summed E-state index contributed by atoms with van der Waals surface area (Å²) in [7, 11) is 1.36. The lowest BCUT2D eigenvalue weighted by atomic mass is 10.1. The summed E-state index contributed by atoms with van der Waals surface area (Å²) in [5, 5.41) is 11.0. The first-order valence-electron chi connectivity index (χ1n) is 7.01. The van der Waals surface area contributed by atoms with E-state index in [0.29, 0.717) is 12.7 Å². The summed E-state index contributed by atoms with van der Waals surface area (Å²) >= 11 is 3.19. The number of rotatable bonds is 9. The van der Waals surface area contributed by atoms with Crippen LogP contribution in [0.15, 0.2) is 12.1 Å². The van der Waals surface area contributed by atoms with Crippen molar-refractivity contribution in [3.05, 3.63) is 27.8 Å². The van der Waals surface area contributed by atoms with Crippen LogP contribution in [0, 0.1) is 10.1 Å². The molecule has 0 atom stereocenters. The molecule has 0 aliphatic carbocycles. The number of carbonyl (C=O) groups is 2. The maximum Gasteiger partial charge on any atom is 0.322 e. The average Bonchev–Trinajstić information content (AvgIpc) is 2.52. The quantitative estimate of drug-likeness (QED) is 0.156. The van der Waals surface area contributed by atoms with Gasteiger partial charge in [-0.15, -0.1) is 0 Å². The molecule has 0 bridgehead atoms. The molecule has 0 saturated carbocycles. The topological polar surface area (TPSA) is 105 Å². The van der Waals surface area contributed by atoms with Crippen LogP contribution >= 0.6 is 15.9 Å². The van der Waals surface area contributed by atoms with E-state index in [1.165, 1.54) is 13.2 Å². The van der Waals surface area contributed by atoms with Crippen LogP contribution in [-0.4, -0.2) is 41.8 Å². The highest BCUT2D eigenvalue weighted by Crippen LogP contribution is 2.34. The zero-order chi connectivity index (χ0) is 18.3. The van der Waals surface area contributed by atoms with Crippen LogP contribution < -0.4 is 9.47 Å². The van der Waals surface area contributed by atoms with Crippen molar-refractivity contribution in [3.63, 3.8) is 0 Å². The molecule has 8 nitrogen and oxygen atoms in total. The van der Waals surface area contributed by atoms with Gasteiger partial charge in [0.05, 0.1) is 36.9 Å². The van der Waals surface area contributed by atoms with Gasteiger partial charge in [0.2, 0.25) is 0 Å². The number of hydrogen-bond acceptors (Lipinski definition) is 7. The molecule has 0 heterocycles. The first kappa shape index (κ1) is 19.9. The number of alkyl halides is 1. The van der Waals surface area contributed by atoms with Gasteiger partial charge in [-0.3, -0.25) is 19.7 Å². The van der Waals surface area contributed by atoms with Crippen molar-refractivity contribution >= 4 is 33.9 Å². The number of halogens is 1. The van der Waals surface area contributed by atoms with Crippen LogP contribution in [0.4, 0.5) is 5.69 Å². The third-order valence-electron chi connectivity index (χ3n) is 2.90. The number of ether oxygens (including phenoxy) is 3. The predicted octanol–water partition coefficient (Wildman–Crippen LogP) is 2.90. The Balaban J connectivity index is 2.67. The first-order valence-corrected chi connectivity index (χ1v) is 7.80. The van der Waals surface area contributed by atoms with E-state index >= 15 is 0 Å². The number of nitro benzene ring substituents is 1. The van der Waals surface area contributed by atoms with E-state index in [-0.39, 0.29) is 36.0 Å². The molecule has 132 valence electrons. The Morgan fingerprint density at radius 1 is 1.33 bits per heavy atom. The summed E-state index contributed by atoms with van der Waals surface area (Å²) in [5.74, 6) is -0.0470. The summed E-state index contributed by atoms with van der Waals surface area (Å²) < 4.78 is 14.8. The van der Waals surface area contributed by atoms with Crippen LogP contribution in [0.25, 0.3) is 0 Å². The second-order valence-corrected chi connectivity index (χ2v) is 7.23. The molecule has 1 aromatic rings. The molecule has 0 saturated heterocycles. The largest absolute Gasteiger partial charge is 0.493 e. The molecule has 1 rings (SSSR count). The Morgan fingerprint density at radius 2 is 2.00 bits per heavy atom. The fraction of sp³-hybridized carbons (Fsp3) is 0.467. The minimum Gasteiger partial charge on any atom is -0.493 e. The van der Waals surface area contributed by atoms with Crippen molar-refractivity contribution in [2.45, 2.75) is 24.6 Å². The Bertz CT molecular complexity index is 625. The molecule has 0 N–H and O–H groups in total. The highest BCUT2D eigenvalue weighted by atomic mass is 79.9. The fourth-order valence-corrected chi connectivity index (χ4v) is 1.78. The molecule has 0 aliphatic rings. The smallest absolute Gasteiger partial charge is 0.322 e. The van der Waals surface area contributed by atoms with E-state index in [9.17, 15) is 19.7 Å². The summed E-state index contributed by atoms with van der Waals surface area (Å²) in [6.07, 6.45) is 0.771. The monoisotopic (exact) mass is 403 g/mol. The van der Waals surface area contributed by atoms with Gasteiger partial charge in [0.15, 0.2) is 17.8 Å². The van der Waals surface area contributed by atoms with Crippen LogP contribution in [0.1, 0.15) is 30.6 Å². The lowest BCUT2D eigenvalue weighted by molar-refractivity contribution is -0.385. The second kappa shape index (κ2) is 8.62. The SMILES string of the molecule is COc1cc(C=O)c([N+](=O)[O-])cc1OCCCOC(=O)C(C)(C)Br. The van der Waals surface area contributed by atoms with Crippen molar-refractivity contribution in [1.29, 1.82) is 0 Å². The number of methoxy groups -OCH3 is 1. The van der Waals surface area contributed by atoms with E-state index in [0.717, 1.165) is 6.07 Å². The minimum absolute atomic E-state index is 0.0994. The molecule has 0 unspecified atom stereocenters. The molecule has 1 aromatic carbocycles. The highest BCUT2D eigenvalue weighted by Gasteiger charge is 2.25. The fourth-order valence-electron chi connectivity index (χ4n) is 1.67. The number of benzene rings is 1.